The summed E-state index contributed by atoms with van der Waals surface area (Å²) in [7, 11) is -3.50. The minimum absolute atomic E-state index is 0.222. The zero-order valence-electron chi connectivity index (χ0n) is 11.1. The summed E-state index contributed by atoms with van der Waals surface area (Å²) in [4.78, 5) is 0.222. The van der Waals surface area contributed by atoms with Gasteiger partial charge < -0.3 is 5.73 Å². The number of anilines is 1. The molecule has 4 nitrogen and oxygen atoms in total. The Balaban J connectivity index is 2.09. The lowest BCUT2D eigenvalue weighted by atomic mass is 10.0. The smallest absolute Gasteiger partial charge is 0.242 e. The normalized spacial score (nSPS) is 17.5. The second-order valence-electron chi connectivity index (χ2n) is 4.90. The SMILES string of the molecule is Cc1cccc(N)c1S(=O)(=O)NCC1CCSCC1. The van der Waals surface area contributed by atoms with Crippen LogP contribution in [0.5, 0.6) is 0 Å². The Morgan fingerprint density at radius 1 is 1.37 bits per heavy atom. The van der Waals surface area contributed by atoms with Crippen LogP contribution in [0.1, 0.15) is 18.4 Å². The second kappa shape index (κ2) is 6.15. The zero-order valence-corrected chi connectivity index (χ0v) is 12.7. The number of rotatable bonds is 4. The van der Waals surface area contributed by atoms with E-state index in [9.17, 15) is 8.42 Å². The van der Waals surface area contributed by atoms with Crippen LogP contribution >= 0.6 is 11.8 Å². The highest BCUT2D eigenvalue weighted by atomic mass is 32.2. The van der Waals surface area contributed by atoms with Crippen molar-refractivity contribution in [1.29, 1.82) is 0 Å². The van der Waals surface area contributed by atoms with E-state index in [4.69, 9.17) is 5.73 Å². The second-order valence-corrected chi connectivity index (χ2v) is 7.83. The van der Waals surface area contributed by atoms with Crippen LogP contribution in [0.3, 0.4) is 0 Å². The predicted molar refractivity (Wildman–Crippen MR) is 80.8 cm³/mol. The van der Waals surface area contributed by atoms with Gasteiger partial charge in [0.15, 0.2) is 0 Å². The molecule has 106 valence electrons. The van der Waals surface area contributed by atoms with Crippen molar-refractivity contribution < 1.29 is 8.42 Å². The van der Waals surface area contributed by atoms with Gasteiger partial charge in [0.1, 0.15) is 4.90 Å². The Labute approximate surface area is 119 Å². The lowest BCUT2D eigenvalue weighted by molar-refractivity contribution is 0.476. The summed E-state index contributed by atoms with van der Waals surface area (Å²) >= 11 is 1.94. The van der Waals surface area contributed by atoms with Crippen molar-refractivity contribution >= 4 is 27.5 Å². The number of hydrogen-bond donors (Lipinski definition) is 2. The van der Waals surface area contributed by atoms with Crippen LogP contribution in [0, 0.1) is 12.8 Å². The standard InChI is InChI=1S/C13H20N2O2S2/c1-10-3-2-4-12(14)13(10)19(16,17)15-9-11-5-7-18-8-6-11/h2-4,11,15H,5-9,14H2,1H3. The molecule has 0 unspecified atom stereocenters. The molecule has 1 aromatic carbocycles. The quantitative estimate of drug-likeness (QED) is 0.834. The van der Waals surface area contributed by atoms with Crippen molar-refractivity contribution in [3.8, 4) is 0 Å². The lowest BCUT2D eigenvalue weighted by Crippen LogP contribution is -2.31. The zero-order chi connectivity index (χ0) is 13.9. The van der Waals surface area contributed by atoms with Gasteiger partial charge in [-0.15, -0.1) is 0 Å². The number of nitrogens with one attached hydrogen (secondary N) is 1. The van der Waals surface area contributed by atoms with E-state index in [1.54, 1.807) is 25.1 Å². The van der Waals surface area contributed by atoms with Crippen molar-refractivity contribution in [3.05, 3.63) is 23.8 Å². The minimum Gasteiger partial charge on any atom is -0.398 e. The van der Waals surface area contributed by atoms with Crippen molar-refractivity contribution in [1.82, 2.24) is 4.72 Å². The van der Waals surface area contributed by atoms with Gasteiger partial charge in [-0.1, -0.05) is 12.1 Å². The van der Waals surface area contributed by atoms with Gasteiger partial charge in [0.25, 0.3) is 0 Å². The number of aryl methyl sites for hydroxylation is 1. The van der Waals surface area contributed by atoms with Gasteiger partial charge in [-0.25, -0.2) is 13.1 Å². The first-order chi connectivity index (χ1) is 9.00. The van der Waals surface area contributed by atoms with Crippen LogP contribution in [0.4, 0.5) is 5.69 Å². The number of hydrogen-bond acceptors (Lipinski definition) is 4. The summed E-state index contributed by atoms with van der Waals surface area (Å²) < 4.78 is 27.3. The van der Waals surface area contributed by atoms with Gasteiger partial charge >= 0.3 is 0 Å². The van der Waals surface area contributed by atoms with Gasteiger partial charge in [-0.3, -0.25) is 0 Å². The monoisotopic (exact) mass is 300 g/mol. The molecule has 3 N–H and O–H groups in total. The number of nitrogens with two attached hydrogens (primary N) is 1. The van der Waals surface area contributed by atoms with Gasteiger partial charge in [0.05, 0.1) is 5.69 Å². The molecule has 0 aliphatic carbocycles. The van der Waals surface area contributed by atoms with Crippen LogP contribution in [0.25, 0.3) is 0 Å². The molecule has 1 fully saturated rings. The molecule has 1 aromatic rings. The largest absolute Gasteiger partial charge is 0.398 e. The fourth-order valence-corrected chi connectivity index (χ4v) is 4.97. The Kier molecular flexibility index (Phi) is 4.76. The summed E-state index contributed by atoms with van der Waals surface area (Å²) in [6, 6.07) is 5.16. The summed E-state index contributed by atoms with van der Waals surface area (Å²) in [5, 5.41) is 0. The summed E-state index contributed by atoms with van der Waals surface area (Å²) in [5.74, 6) is 2.69. The molecular formula is C13H20N2O2S2. The van der Waals surface area contributed by atoms with Gasteiger partial charge in [-0.2, -0.15) is 11.8 Å². The van der Waals surface area contributed by atoms with Gasteiger partial charge in [0, 0.05) is 6.54 Å². The van der Waals surface area contributed by atoms with Crippen LogP contribution < -0.4 is 10.5 Å². The van der Waals surface area contributed by atoms with E-state index in [1.807, 2.05) is 11.8 Å². The summed E-state index contributed by atoms with van der Waals surface area (Å²) in [6.45, 7) is 2.28. The number of nitrogen functional groups attached to an aromatic ring is 1. The van der Waals surface area contributed by atoms with Crippen LogP contribution in [0.2, 0.25) is 0 Å². The Morgan fingerprint density at radius 3 is 2.68 bits per heavy atom. The number of benzene rings is 1. The van der Waals surface area contributed by atoms with E-state index >= 15 is 0 Å². The minimum atomic E-state index is -3.50. The third-order valence-electron chi connectivity index (χ3n) is 3.41. The molecule has 19 heavy (non-hydrogen) atoms. The maximum absolute atomic E-state index is 12.3. The molecule has 1 aliphatic rings. The molecule has 0 saturated carbocycles. The summed E-state index contributed by atoms with van der Waals surface area (Å²) in [6.07, 6.45) is 2.16. The van der Waals surface area contributed by atoms with Gasteiger partial charge in [-0.05, 0) is 48.8 Å². The molecule has 0 radical (unpaired) electrons. The molecule has 0 bridgehead atoms. The van der Waals surface area contributed by atoms with E-state index in [1.165, 1.54) is 0 Å². The third kappa shape index (κ3) is 3.64. The first-order valence-corrected chi connectivity index (χ1v) is 9.07. The fraction of sp³-hybridized carbons (Fsp3) is 0.538. The highest BCUT2D eigenvalue weighted by Crippen LogP contribution is 2.24. The molecule has 1 saturated heterocycles. The van der Waals surface area contributed by atoms with Crippen LogP contribution in [-0.2, 0) is 10.0 Å². The van der Waals surface area contributed by atoms with E-state index in [0.29, 0.717) is 23.7 Å². The Bertz CT molecular complexity index is 517. The number of sulfonamides is 1. The average molecular weight is 300 g/mol. The van der Waals surface area contributed by atoms with Crippen molar-refractivity contribution in [2.24, 2.45) is 5.92 Å². The van der Waals surface area contributed by atoms with E-state index in [2.05, 4.69) is 4.72 Å². The molecule has 1 heterocycles. The first kappa shape index (κ1) is 14.7. The van der Waals surface area contributed by atoms with E-state index in [-0.39, 0.29) is 4.90 Å². The van der Waals surface area contributed by atoms with E-state index < -0.39 is 10.0 Å². The average Bonchev–Trinajstić information content (AvgIpc) is 2.37. The maximum atomic E-state index is 12.3. The Hall–Kier alpha value is -0.720. The number of thioether (sulfide) groups is 1. The van der Waals surface area contributed by atoms with Crippen molar-refractivity contribution in [2.75, 3.05) is 23.8 Å². The first-order valence-electron chi connectivity index (χ1n) is 6.43. The predicted octanol–water partition coefficient (Wildman–Crippen LogP) is 2.00. The van der Waals surface area contributed by atoms with Gasteiger partial charge in [0.2, 0.25) is 10.0 Å². The van der Waals surface area contributed by atoms with E-state index in [0.717, 1.165) is 24.3 Å². The molecular weight excluding hydrogens is 280 g/mol. The maximum Gasteiger partial charge on any atom is 0.242 e. The third-order valence-corrected chi connectivity index (χ3v) is 6.10. The molecule has 0 spiro atoms. The molecule has 0 amide bonds. The molecule has 0 aromatic heterocycles. The summed E-state index contributed by atoms with van der Waals surface area (Å²) in [5.41, 5.74) is 6.79. The topological polar surface area (TPSA) is 72.2 Å². The van der Waals surface area contributed by atoms with Crippen LogP contribution in [0.15, 0.2) is 23.1 Å². The highest BCUT2D eigenvalue weighted by Gasteiger charge is 2.22. The Morgan fingerprint density at radius 2 is 2.05 bits per heavy atom. The molecule has 0 atom stereocenters. The highest BCUT2D eigenvalue weighted by molar-refractivity contribution is 7.99. The van der Waals surface area contributed by atoms with Crippen LogP contribution in [-0.4, -0.2) is 26.5 Å². The fourth-order valence-electron chi connectivity index (χ4n) is 2.29. The molecule has 1 aliphatic heterocycles. The lowest BCUT2D eigenvalue weighted by Gasteiger charge is -2.22. The molecule has 2 rings (SSSR count). The van der Waals surface area contributed by atoms with Crippen molar-refractivity contribution in [3.63, 3.8) is 0 Å². The molecule has 6 heteroatoms. The van der Waals surface area contributed by atoms with Crippen molar-refractivity contribution in [2.45, 2.75) is 24.7 Å².